The lowest BCUT2D eigenvalue weighted by molar-refractivity contribution is -0.870. The summed E-state index contributed by atoms with van der Waals surface area (Å²) in [4.78, 5) is 6.86. The Bertz CT molecular complexity index is 880. The van der Waals surface area contributed by atoms with Crippen LogP contribution in [0.4, 0.5) is 0 Å². The topological polar surface area (TPSA) is 65.8 Å². The summed E-state index contributed by atoms with van der Waals surface area (Å²) < 4.78 is 6.19. The van der Waals surface area contributed by atoms with E-state index in [2.05, 4.69) is 43.7 Å². The van der Waals surface area contributed by atoms with Gasteiger partial charge in [-0.05, 0) is 61.1 Å². The summed E-state index contributed by atoms with van der Waals surface area (Å²) in [7, 11) is 7.82. The third kappa shape index (κ3) is 5.63. The SMILES string of the molecule is C=C[C@H]1CN2CC[C@H]1C[C@@H]2[C@@H](O)c1ccnc2ccc(OC)cc12.C[N+](C)(C)CCO. The van der Waals surface area contributed by atoms with E-state index in [0.717, 1.165) is 52.8 Å². The van der Waals surface area contributed by atoms with Crippen LogP contribution in [-0.4, -0.2) is 85.1 Å². The Morgan fingerprint density at radius 3 is 2.65 bits per heavy atom. The first-order valence-corrected chi connectivity index (χ1v) is 11.2. The van der Waals surface area contributed by atoms with Gasteiger partial charge < -0.3 is 19.4 Å². The molecule has 3 aliphatic heterocycles. The number of hydrogen-bond donors (Lipinski definition) is 2. The first-order chi connectivity index (χ1) is 14.8. The number of benzene rings is 1. The van der Waals surface area contributed by atoms with E-state index in [0.29, 0.717) is 11.8 Å². The van der Waals surface area contributed by atoms with Crippen LogP contribution < -0.4 is 4.74 Å². The van der Waals surface area contributed by atoms with Crippen molar-refractivity contribution in [1.29, 1.82) is 0 Å². The van der Waals surface area contributed by atoms with Crippen LogP contribution in [0.25, 0.3) is 10.9 Å². The lowest BCUT2D eigenvalue weighted by Crippen LogP contribution is -2.54. The summed E-state index contributed by atoms with van der Waals surface area (Å²) in [6.45, 7) is 7.18. The molecule has 5 atom stereocenters. The third-order valence-electron chi connectivity index (χ3n) is 6.59. The van der Waals surface area contributed by atoms with E-state index in [4.69, 9.17) is 9.84 Å². The highest BCUT2D eigenvalue weighted by Gasteiger charge is 2.42. The third-order valence-corrected chi connectivity index (χ3v) is 6.59. The van der Waals surface area contributed by atoms with Gasteiger partial charge >= 0.3 is 0 Å². The lowest BCUT2D eigenvalue weighted by Gasteiger charge is -2.50. The predicted octanol–water partition coefficient (Wildman–Crippen LogP) is 2.86. The monoisotopic (exact) mass is 428 g/mol. The minimum Gasteiger partial charge on any atom is -0.497 e. The van der Waals surface area contributed by atoms with Gasteiger partial charge in [-0.1, -0.05) is 6.08 Å². The molecule has 0 spiro atoms. The van der Waals surface area contributed by atoms with Gasteiger partial charge in [0, 0.05) is 24.2 Å². The van der Waals surface area contributed by atoms with Gasteiger partial charge in [-0.25, -0.2) is 0 Å². The fourth-order valence-corrected chi connectivity index (χ4v) is 4.74. The average Bonchev–Trinajstić information content (AvgIpc) is 2.77. The Morgan fingerprint density at radius 1 is 1.32 bits per heavy atom. The zero-order chi connectivity index (χ0) is 22.6. The van der Waals surface area contributed by atoms with Crippen LogP contribution in [0.5, 0.6) is 5.75 Å². The van der Waals surface area contributed by atoms with E-state index >= 15 is 0 Å². The maximum Gasteiger partial charge on any atom is 0.119 e. The van der Waals surface area contributed by atoms with E-state index in [1.165, 1.54) is 6.42 Å². The molecular weight excluding hydrogens is 390 g/mol. The Morgan fingerprint density at radius 2 is 2.10 bits per heavy atom. The molecule has 1 unspecified atom stereocenters. The fourth-order valence-electron chi connectivity index (χ4n) is 4.74. The predicted molar refractivity (Wildman–Crippen MR) is 125 cm³/mol. The molecule has 2 aromatic rings. The smallest absolute Gasteiger partial charge is 0.119 e. The number of rotatable bonds is 6. The van der Waals surface area contributed by atoms with E-state index < -0.39 is 6.10 Å². The summed E-state index contributed by atoms with van der Waals surface area (Å²) >= 11 is 0. The van der Waals surface area contributed by atoms with Gasteiger partial charge in [-0.3, -0.25) is 9.88 Å². The molecule has 5 rings (SSSR count). The summed E-state index contributed by atoms with van der Waals surface area (Å²) in [5, 5.41) is 20.5. The molecule has 6 nitrogen and oxygen atoms in total. The number of pyridine rings is 1. The minimum atomic E-state index is -0.504. The average molecular weight is 429 g/mol. The number of aromatic nitrogens is 1. The molecule has 170 valence electrons. The molecule has 0 radical (unpaired) electrons. The van der Waals surface area contributed by atoms with Crippen molar-refractivity contribution in [3.63, 3.8) is 0 Å². The zero-order valence-electron chi connectivity index (χ0n) is 19.4. The van der Waals surface area contributed by atoms with Gasteiger partial charge in [0.05, 0.1) is 46.5 Å². The number of piperidine rings is 3. The molecule has 3 aliphatic rings. The second-order valence-electron chi connectivity index (χ2n) is 9.71. The van der Waals surface area contributed by atoms with Crippen molar-refractivity contribution in [2.45, 2.75) is 25.0 Å². The molecule has 0 aliphatic carbocycles. The molecule has 4 heterocycles. The number of methoxy groups -OCH3 is 1. The summed E-state index contributed by atoms with van der Waals surface area (Å²) in [5.41, 5.74) is 1.85. The highest BCUT2D eigenvalue weighted by Crippen LogP contribution is 2.42. The van der Waals surface area contributed by atoms with Gasteiger partial charge in [0.15, 0.2) is 0 Å². The number of ether oxygens (including phenoxy) is 1. The van der Waals surface area contributed by atoms with Crippen LogP contribution in [0.1, 0.15) is 24.5 Å². The normalized spacial score (nSPS) is 26.1. The standard InChI is InChI=1S/C20H24N2O2.C5H14NO/c1-3-13-12-22-9-7-14(13)10-19(22)20(23)16-6-8-21-18-5-4-15(24-2)11-17(16)18;1-6(2,3)4-5-7/h3-6,8,11,13-14,19-20,23H,1,7,9-10,12H2,2H3;7H,4-5H2,1-3H3/q;+1/t13-,14-,19+,20-;/m0./s1. The van der Waals surface area contributed by atoms with E-state index in [9.17, 15) is 5.11 Å². The van der Waals surface area contributed by atoms with E-state index in [1.54, 1.807) is 13.3 Å². The summed E-state index contributed by atoms with van der Waals surface area (Å²) in [6, 6.07) is 7.96. The molecular formula is C25H38N3O3+. The second kappa shape index (κ2) is 10.1. The summed E-state index contributed by atoms with van der Waals surface area (Å²) in [5.74, 6) is 2.01. The quantitative estimate of drug-likeness (QED) is 0.547. The molecule has 6 heteroatoms. The molecule has 3 fully saturated rings. The molecule has 31 heavy (non-hydrogen) atoms. The van der Waals surface area contributed by atoms with Crippen molar-refractivity contribution in [2.24, 2.45) is 11.8 Å². The largest absolute Gasteiger partial charge is 0.497 e. The molecule has 3 saturated heterocycles. The van der Waals surface area contributed by atoms with Gasteiger partial charge in [-0.2, -0.15) is 0 Å². The van der Waals surface area contributed by atoms with Crippen molar-refractivity contribution < 1.29 is 19.4 Å². The molecule has 2 N–H and O–H groups in total. The first kappa shape index (κ1) is 23.7. The highest BCUT2D eigenvalue weighted by molar-refractivity contribution is 5.83. The van der Waals surface area contributed by atoms with Crippen LogP contribution in [-0.2, 0) is 0 Å². The van der Waals surface area contributed by atoms with Crippen molar-refractivity contribution in [3.8, 4) is 5.75 Å². The fraction of sp³-hybridized carbons (Fsp3) is 0.560. The van der Waals surface area contributed by atoms with Crippen LogP contribution >= 0.6 is 0 Å². The number of hydrogen-bond acceptors (Lipinski definition) is 5. The number of fused-ring (bicyclic) bond motifs is 4. The Labute approximate surface area is 186 Å². The molecule has 1 aromatic carbocycles. The number of aliphatic hydroxyl groups excluding tert-OH is 2. The van der Waals surface area contributed by atoms with Crippen LogP contribution in [0, 0.1) is 11.8 Å². The second-order valence-corrected chi connectivity index (χ2v) is 9.71. The van der Waals surface area contributed by atoms with E-state index in [-0.39, 0.29) is 12.6 Å². The van der Waals surface area contributed by atoms with Crippen LogP contribution in [0.2, 0.25) is 0 Å². The molecule has 2 bridgehead atoms. The molecule has 0 amide bonds. The number of nitrogens with zero attached hydrogens (tertiary/aromatic N) is 3. The summed E-state index contributed by atoms with van der Waals surface area (Å²) in [6.07, 6.45) is 5.62. The number of quaternary nitrogens is 1. The first-order valence-electron chi connectivity index (χ1n) is 11.2. The van der Waals surface area contributed by atoms with Crippen molar-refractivity contribution in [1.82, 2.24) is 9.88 Å². The number of likely N-dealkylation sites (N-methyl/N-ethyl adjacent to an activating group) is 1. The minimum absolute atomic E-state index is 0.178. The van der Waals surface area contributed by atoms with E-state index in [1.807, 2.05) is 24.3 Å². The highest BCUT2D eigenvalue weighted by atomic mass is 16.5. The van der Waals surface area contributed by atoms with Gasteiger partial charge in [0.25, 0.3) is 0 Å². The lowest BCUT2D eigenvalue weighted by atomic mass is 9.73. The maximum atomic E-state index is 11.2. The Balaban J connectivity index is 0.000000339. The Kier molecular flexibility index (Phi) is 7.70. The zero-order valence-corrected chi connectivity index (χ0v) is 19.4. The molecule has 1 aromatic heterocycles. The van der Waals surface area contributed by atoms with Gasteiger partial charge in [-0.15, -0.1) is 6.58 Å². The number of aliphatic hydroxyl groups is 2. The van der Waals surface area contributed by atoms with Gasteiger partial charge in [0.1, 0.15) is 12.3 Å². The van der Waals surface area contributed by atoms with Crippen molar-refractivity contribution in [3.05, 3.63) is 48.7 Å². The van der Waals surface area contributed by atoms with Crippen molar-refractivity contribution >= 4 is 10.9 Å². The van der Waals surface area contributed by atoms with Crippen molar-refractivity contribution in [2.75, 3.05) is 54.5 Å². The van der Waals surface area contributed by atoms with Gasteiger partial charge in [0.2, 0.25) is 0 Å². The molecule has 0 saturated carbocycles. The Hall–Kier alpha value is -1.99. The maximum absolute atomic E-state index is 11.2. The van der Waals surface area contributed by atoms with Crippen LogP contribution in [0.3, 0.4) is 0 Å². The van der Waals surface area contributed by atoms with Crippen LogP contribution in [0.15, 0.2) is 43.1 Å².